The summed E-state index contributed by atoms with van der Waals surface area (Å²) in [6.07, 6.45) is -1.24. The molecule has 0 amide bonds. The Bertz CT molecular complexity index is 1090. The van der Waals surface area contributed by atoms with Gasteiger partial charge >= 0.3 is 0 Å². The lowest BCUT2D eigenvalue weighted by Gasteiger charge is -2.43. The van der Waals surface area contributed by atoms with Crippen LogP contribution in [0.2, 0.25) is 10.1 Å². The molecule has 3 aromatic rings. The van der Waals surface area contributed by atoms with Crippen LogP contribution in [0.4, 0.5) is 0 Å². The van der Waals surface area contributed by atoms with Crippen LogP contribution < -0.4 is 10.4 Å². The molecule has 4 rings (SSSR count). The van der Waals surface area contributed by atoms with Crippen molar-refractivity contribution in [2.45, 2.75) is 50.9 Å². The number of hydrogen-bond acceptors (Lipinski definition) is 4. The third-order valence-corrected chi connectivity index (χ3v) is 12.0. The van der Waals surface area contributed by atoms with E-state index in [1.807, 2.05) is 36.4 Å². The Morgan fingerprint density at radius 3 is 1.94 bits per heavy atom. The molecule has 0 saturated carbocycles. The SMILES string of the molecule is C=C1[C@@H](OC)O[C@H](CO[Si](c2ccccc2)(c2ccccc2)C(C)(C)C)[C@H]1OCc1ccc(Cl)cc1. The van der Waals surface area contributed by atoms with Gasteiger partial charge in [0.2, 0.25) is 0 Å². The molecule has 0 aromatic heterocycles. The van der Waals surface area contributed by atoms with E-state index in [9.17, 15) is 0 Å². The summed E-state index contributed by atoms with van der Waals surface area (Å²) in [5.74, 6) is 0. The summed E-state index contributed by atoms with van der Waals surface area (Å²) >= 11 is 6.04. The van der Waals surface area contributed by atoms with Crippen molar-refractivity contribution < 1.29 is 18.6 Å². The van der Waals surface area contributed by atoms with E-state index in [4.69, 9.17) is 30.2 Å². The van der Waals surface area contributed by atoms with Crippen LogP contribution in [0, 0.1) is 0 Å². The van der Waals surface area contributed by atoms with Gasteiger partial charge in [0.05, 0.1) is 13.2 Å². The second-order valence-corrected chi connectivity index (χ2v) is 14.9. The van der Waals surface area contributed by atoms with E-state index in [1.165, 1.54) is 10.4 Å². The van der Waals surface area contributed by atoms with Crippen molar-refractivity contribution in [3.05, 3.63) is 108 Å². The standard InChI is InChI=1S/C30H35ClO4Si/c1-22-28(33-20-23-16-18-24(31)19-17-23)27(35-29(22)32-5)21-34-36(30(2,3)4,25-12-8-6-9-13-25)26-14-10-7-11-15-26/h6-19,27-29H,1,20-21H2,2-5H3/t27-,28+,29+/m1/s1. The van der Waals surface area contributed by atoms with Gasteiger partial charge in [0, 0.05) is 17.7 Å². The van der Waals surface area contributed by atoms with Crippen molar-refractivity contribution in [2.75, 3.05) is 13.7 Å². The molecule has 0 spiro atoms. The van der Waals surface area contributed by atoms with Crippen molar-refractivity contribution >= 4 is 30.3 Å². The molecule has 1 heterocycles. The summed E-state index contributed by atoms with van der Waals surface area (Å²) in [5, 5.41) is 3.01. The largest absolute Gasteiger partial charge is 0.405 e. The topological polar surface area (TPSA) is 36.9 Å². The molecule has 1 fully saturated rings. The molecule has 0 N–H and O–H groups in total. The maximum atomic E-state index is 7.11. The fraction of sp³-hybridized carbons (Fsp3) is 0.333. The molecular formula is C30H35ClO4Si. The van der Waals surface area contributed by atoms with Gasteiger partial charge in [-0.1, -0.05) is 112 Å². The lowest BCUT2D eigenvalue weighted by Crippen LogP contribution is -2.67. The zero-order valence-corrected chi connectivity index (χ0v) is 23.2. The van der Waals surface area contributed by atoms with Crippen molar-refractivity contribution in [3.63, 3.8) is 0 Å². The normalized spacial score (nSPS) is 20.6. The summed E-state index contributed by atoms with van der Waals surface area (Å²) in [6.45, 7) is 11.8. The summed E-state index contributed by atoms with van der Waals surface area (Å²) in [5.41, 5.74) is 1.79. The highest BCUT2D eigenvalue weighted by atomic mass is 35.5. The molecule has 0 bridgehead atoms. The maximum absolute atomic E-state index is 7.11. The molecule has 36 heavy (non-hydrogen) atoms. The smallest absolute Gasteiger partial charge is 0.261 e. The van der Waals surface area contributed by atoms with Crippen molar-refractivity contribution in [1.82, 2.24) is 0 Å². The zero-order chi connectivity index (χ0) is 25.8. The second-order valence-electron chi connectivity index (χ2n) is 10.1. The number of ether oxygens (including phenoxy) is 3. The molecule has 3 atom stereocenters. The quantitative estimate of drug-likeness (QED) is 0.266. The molecule has 6 heteroatoms. The van der Waals surface area contributed by atoms with E-state index in [0.29, 0.717) is 18.2 Å². The van der Waals surface area contributed by atoms with Crippen LogP contribution in [0.1, 0.15) is 26.3 Å². The summed E-state index contributed by atoms with van der Waals surface area (Å²) < 4.78 is 25.3. The Labute approximate surface area is 220 Å². The number of benzene rings is 3. The van der Waals surface area contributed by atoms with Gasteiger partial charge in [-0.05, 0) is 33.1 Å². The van der Waals surface area contributed by atoms with Crippen LogP contribution in [0.25, 0.3) is 0 Å². The first-order chi connectivity index (χ1) is 17.3. The van der Waals surface area contributed by atoms with Gasteiger partial charge in [-0.3, -0.25) is 0 Å². The minimum absolute atomic E-state index is 0.133. The van der Waals surface area contributed by atoms with Gasteiger partial charge in [-0.25, -0.2) is 0 Å². The van der Waals surface area contributed by atoms with Crippen LogP contribution in [0.3, 0.4) is 0 Å². The molecule has 0 unspecified atom stereocenters. The highest BCUT2D eigenvalue weighted by Gasteiger charge is 2.51. The summed E-state index contributed by atoms with van der Waals surface area (Å²) in [4.78, 5) is 0. The van der Waals surface area contributed by atoms with Crippen molar-refractivity contribution in [1.29, 1.82) is 0 Å². The fourth-order valence-electron chi connectivity index (χ4n) is 4.97. The Kier molecular flexibility index (Phi) is 8.51. The average Bonchev–Trinajstić information content (AvgIpc) is 3.19. The van der Waals surface area contributed by atoms with Crippen LogP contribution in [0.5, 0.6) is 0 Å². The first-order valence-electron chi connectivity index (χ1n) is 12.2. The number of methoxy groups -OCH3 is 1. The molecule has 1 aliphatic rings. The van der Waals surface area contributed by atoms with E-state index in [0.717, 1.165) is 11.1 Å². The average molecular weight is 523 g/mol. The molecule has 0 aliphatic carbocycles. The zero-order valence-electron chi connectivity index (χ0n) is 21.4. The minimum atomic E-state index is -2.71. The van der Waals surface area contributed by atoms with Crippen LogP contribution in [-0.4, -0.2) is 40.5 Å². The van der Waals surface area contributed by atoms with Crippen LogP contribution in [-0.2, 0) is 25.2 Å². The predicted octanol–water partition coefficient (Wildman–Crippen LogP) is 5.73. The van der Waals surface area contributed by atoms with Crippen molar-refractivity contribution in [2.24, 2.45) is 0 Å². The summed E-state index contributed by atoms with van der Waals surface area (Å²) in [7, 11) is -1.09. The Balaban J connectivity index is 1.63. The van der Waals surface area contributed by atoms with E-state index in [1.54, 1.807) is 7.11 Å². The third kappa shape index (κ3) is 5.52. The van der Waals surface area contributed by atoms with Gasteiger partial charge in [0.15, 0.2) is 6.29 Å². The molecule has 0 radical (unpaired) electrons. The highest BCUT2D eigenvalue weighted by Crippen LogP contribution is 2.38. The Morgan fingerprint density at radius 2 is 1.44 bits per heavy atom. The molecule has 1 saturated heterocycles. The van der Waals surface area contributed by atoms with Gasteiger partial charge in [-0.2, -0.15) is 0 Å². The van der Waals surface area contributed by atoms with Crippen molar-refractivity contribution in [3.8, 4) is 0 Å². The third-order valence-electron chi connectivity index (χ3n) is 6.74. The predicted molar refractivity (Wildman–Crippen MR) is 148 cm³/mol. The molecule has 190 valence electrons. The van der Waals surface area contributed by atoms with E-state index in [-0.39, 0.29) is 17.2 Å². The minimum Gasteiger partial charge on any atom is -0.405 e. The number of halogens is 1. The molecular weight excluding hydrogens is 488 g/mol. The molecule has 4 nitrogen and oxygen atoms in total. The lowest BCUT2D eigenvalue weighted by atomic mass is 10.1. The maximum Gasteiger partial charge on any atom is 0.261 e. The van der Waals surface area contributed by atoms with E-state index < -0.39 is 14.6 Å². The summed E-state index contributed by atoms with van der Waals surface area (Å²) in [6, 6.07) is 28.8. The Morgan fingerprint density at radius 1 is 0.889 bits per heavy atom. The van der Waals surface area contributed by atoms with Gasteiger partial charge in [-0.15, -0.1) is 0 Å². The van der Waals surface area contributed by atoms with Gasteiger partial charge < -0.3 is 18.6 Å². The van der Waals surface area contributed by atoms with E-state index >= 15 is 0 Å². The Hall–Kier alpha value is -2.25. The second kappa shape index (κ2) is 11.4. The fourth-order valence-corrected chi connectivity index (χ4v) is 9.67. The van der Waals surface area contributed by atoms with E-state index in [2.05, 4.69) is 75.9 Å². The highest BCUT2D eigenvalue weighted by molar-refractivity contribution is 6.99. The number of rotatable bonds is 9. The first kappa shape index (κ1) is 26.8. The van der Waals surface area contributed by atoms with Crippen LogP contribution in [0.15, 0.2) is 97.1 Å². The van der Waals surface area contributed by atoms with Crippen LogP contribution >= 0.6 is 11.6 Å². The first-order valence-corrected chi connectivity index (χ1v) is 14.5. The lowest BCUT2D eigenvalue weighted by molar-refractivity contribution is -0.122. The molecule has 3 aromatic carbocycles. The number of hydrogen-bond donors (Lipinski definition) is 0. The van der Waals surface area contributed by atoms with Gasteiger partial charge in [0.1, 0.15) is 12.2 Å². The molecule has 1 aliphatic heterocycles. The van der Waals surface area contributed by atoms with Gasteiger partial charge in [0.25, 0.3) is 8.32 Å². The monoisotopic (exact) mass is 522 g/mol.